The van der Waals surface area contributed by atoms with Gasteiger partial charge in [0.25, 0.3) is 0 Å². The summed E-state index contributed by atoms with van der Waals surface area (Å²) < 4.78 is 4.82. The van der Waals surface area contributed by atoms with Crippen LogP contribution in [-0.4, -0.2) is 23.5 Å². The third kappa shape index (κ3) is 4.54. The van der Waals surface area contributed by atoms with Gasteiger partial charge in [0.1, 0.15) is 11.5 Å². The summed E-state index contributed by atoms with van der Waals surface area (Å²) in [4.78, 5) is 10.3. The molecule has 0 aliphatic rings. The molecule has 74 valence electrons. The molecule has 0 fully saturated rings. The number of carboxylic acid groups (broad SMARTS) is 1. The molecule has 0 heterocycles. The molecule has 0 saturated heterocycles. The molecule has 0 unspecified atom stereocenters. The van der Waals surface area contributed by atoms with E-state index in [0.29, 0.717) is 11.1 Å². The Morgan fingerprint density at radius 2 is 2.31 bits per heavy atom. The molecule has 2 N–H and O–H groups in total. The third-order valence-corrected chi connectivity index (χ3v) is 1.72. The Morgan fingerprint density at radius 1 is 1.69 bits per heavy atom. The van der Waals surface area contributed by atoms with E-state index in [1.54, 1.807) is 0 Å². The molecule has 0 spiro atoms. The number of allylic oxidation sites excluding steroid dienone is 3. The summed E-state index contributed by atoms with van der Waals surface area (Å²) in [7, 11) is 1.45. The number of hydroxylamine groups is 1. The lowest BCUT2D eigenvalue weighted by molar-refractivity contribution is -0.132. The zero-order valence-corrected chi connectivity index (χ0v) is 8.50. The normalized spacial score (nSPS) is 12.5. The zero-order chi connectivity index (χ0) is 10.3. The minimum atomic E-state index is -1.31. The van der Waals surface area contributed by atoms with Gasteiger partial charge in [-0.25, -0.2) is 4.79 Å². The highest BCUT2D eigenvalue weighted by Gasteiger charge is 1.99. The number of aliphatic carboxylic acids is 1. The minimum Gasteiger partial charge on any atom is -0.761 e. The highest BCUT2D eigenvalue weighted by atomic mass is 79.9. The Morgan fingerprint density at radius 3 is 2.62 bits per heavy atom. The van der Waals surface area contributed by atoms with Crippen molar-refractivity contribution in [3.8, 4) is 0 Å². The summed E-state index contributed by atoms with van der Waals surface area (Å²) in [5.74, 6) is -0.787. The Kier molecular flexibility index (Phi) is 5.99. The molecule has 0 saturated carbocycles. The van der Waals surface area contributed by atoms with E-state index in [1.807, 2.05) is 0 Å². The van der Waals surface area contributed by atoms with Crippen LogP contribution in [0.5, 0.6) is 0 Å². The molecule has 13 heavy (non-hydrogen) atoms. The van der Waals surface area contributed by atoms with E-state index in [-0.39, 0.29) is 0 Å². The Hall–Kier alpha value is -1.01. The van der Waals surface area contributed by atoms with Gasteiger partial charge in [-0.2, -0.15) is 0 Å². The molecule has 5 nitrogen and oxygen atoms in total. The lowest BCUT2D eigenvalue weighted by Crippen LogP contribution is -2.13. The fourth-order valence-corrected chi connectivity index (χ4v) is 0.908. The van der Waals surface area contributed by atoms with Crippen LogP contribution in [-0.2, 0) is 9.53 Å². The molecular formula is C7H9BrNO4-. The van der Waals surface area contributed by atoms with E-state index in [4.69, 9.17) is 9.84 Å². The quantitative estimate of drug-likeness (QED) is 0.250. The summed E-state index contributed by atoms with van der Waals surface area (Å²) in [5, 5.41) is 18.9. The van der Waals surface area contributed by atoms with Crippen LogP contribution in [0.25, 0.3) is 0 Å². The SMILES string of the molecule is CO/C(=C/C=C(\N[O-])C(=O)O)CBr. The second kappa shape index (κ2) is 6.50. The van der Waals surface area contributed by atoms with Gasteiger partial charge in [-0.15, -0.1) is 0 Å². The van der Waals surface area contributed by atoms with Gasteiger partial charge in [-0.05, 0) is 12.2 Å². The van der Waals surface area contributed by atoms with E-state index < -0.39 is 11.7 Å². The molecule has 0 aliphatic heterocycles. The number of methoxy groups -OCH3 is 1. The molecule has 0 rings (SSSR count). The first-order valence-electron chi connectivity index (χ1n) is 3.28. The Labute approximate surface area is 83.8 Å². The molecule has 6 heteroatoms. The Balaban J connectivity index is 4.51. The summed E-state index contributed by atoms with van der Waals surface area (Å²) in [6.07, 6.45) is 2.53. The summed E-state index contributed by atoms with van der Waals surface area (Å²) in [6, 6.07) is 0. The van der Waals surface area contributed by atoms with Gasteiger partial charge >= 0.3 is 5.97 Å². The lowest BCUT2D eigenvalue weighted by Gasteiger charge is -2.08. The molecule has 0 aromatic rings. The van der Waals surface area contributed by atoms with Crippen molar-refractivity contribution in [2.75, 3.05) is 12.4 Å². The minimum absolute atomic E-state index is 0.435. The van der Waals surface area contributed by atoms with Gasteiger partial charge in [0.15, 0.2) is 0 Å². The zero-order valence-electron chi connectivity index (χ0n) is 6.91. The van der Waals surface area contributed by atoms with Crippen LogP contribution in [0.15, 0.2) is 23.6 Å². The van der Waals surface area contributed by atoms with Crippen molar-refractivity contribution in [3.05, 3.63) is 28.8 Å². The number of carboxylic acids is 1. The topological polar surface area (TPSA) is 81.6 Å². The van der Waals surface area contributed by atoms with Crippen molar-refractivity contribution >= 4 is 21.9 Å². The van der Waals surface area contributed by atoms with Crippen molar-refractivity contribution in [2.45, 2.75) is 0 Å². The number of nitrogens with one attached hydrogen (secondary N) is 1. The predicted molar refractivity (Wildman–Crippen MR) is 51.1 cm³/mol. The number of halogens is 1. The highest BCUT2D eigenvalue weighted by molar-refractivity contribution is 9.09. The van der Waals surface area contributed by atoms with Crippen LogP contribution in [0.2, 0.25) is 0 Å². The second-order valence-electron chi connectivity index (χ2n) is 1.96. The summed E-state index contributed by atoms with van der Waals surface area (Å²) in [6.45, 7) is 0. The van der Waals surface area contributed by atoms with Crippen molar-refractivity contribution < 1.29 is 14.6 Å². The van der Waals surface area contributed by atoms with Crippen molar-refractivity contribution in [2.24, 2.45) is 0 Å². The van der Waals surface area contributed by atoms with Crippen LogP contribution >= 0.6 is 15.9 Å². The van der Waals surface area contributed by atoms with E-state index in [2.05, 4.69) is 15.9 Å². The first kappa shape index (κ1) is 12.0. The fraction of sp³-hybridized carbons (Fsp3) is 0.286. The molecule has 0 radical (unpaired) electrons. The lowest BCUT2D eigenvalue weighted by atomic mass is 10.3. The second-order valence-corrected chi connectivity index (χ2v) is 2.52. The van der Waals surface area contributed by atoms with Crippen LogP contribution in [0.3, 0.4) is 0 Å². The highest BCUT2D eigenvalue weighted by Crippen LogP contribution is 2.01. The summed E-state index contributed by atoms with van der Waals surface area (Å²) in [5.41, 5.74) is 0.866. The largest absolute Gasteiger partial charge is 0.761 e. The van der Waals surface area contributed by atoms with Crippen molar-refractivity contribution in [1.82, 2.24) is 5.48 Å². The van der Waals surface area contributed by atoms with E-state index in [0.717, 1.165) is 6.08 Å². The van der Waals surface area contributed by atoms with E-state index >= 15 is 0 Å². The number of carbonyl (C=O) groups is 1. The molecule has 0 bridgehead atoms. The van der Waals surface area contributed by atoms with Crippen LogP contribution < -0.4 is 5.48 Å². The number of hydrogen-bond acceptors (Lipinski definition) is 4. The molecule has 0 atom stereocenters. The smallest absolute Gasteiger partial charge is 0.351 e. The van der Waals surface area contributed by atoms with Gasteiger partial charge in [-0.3, -0.25) is 0 Å². The molecular weight excluding hydrogens is 242 g/mol. The van der Waals surface area contributed by atoms with Crippen molar-refractivity contribution in [3.63, 3.8) is 0 Å². The van der Waals surface area contributed by atoms with Crippen molar-refractivity contribution in [1.29, 1.82) is 0 Å². The van der Waals surface area contributed by atoms with Gasteiger partial charge in [-0.1, -0.05) is 15.9 Å². The molecule has 0 aliphatic carbocycles. The average molecular weight is 251 g/mol. The maximum Gasteiger partial charge on any atom is 0.351 e. The summed E-state index contributed by atoms with van der Waals surface area (Å²) >= 11 is 3.12. The number of hydrogen-bond donors (Lipinski definition) is 2. The molecule has 0 aromatic heterocycles. The maximum absolute atomic E-state index is 10.3. The Bertz CT molecular complexity index is 231. The van der Waals surface area contributed by atoms with E-state index in [1.165, 1.54) is 18.7 Å². The molecule has 0 aromatic carbocycles. The van der Waals surface area contributed by atoms with E-state index in [9.17, 15) is 10.0 Å². The van der Waals surface area contributed by atoms with Crippen LogP contribution in [0.4, 0.5) is 0 Å². The molecule has 0 amide bonds. The predicted octanol–water partition coefficient (Wildman–Crippen LogP) is 0.967. The van der Waals surface area contributed by atoms with Crippen LogP contribution in [0.1, 0.15) is 0 Å². The number of alkyl halides is 1. The maximum atomic E-state index is 10.3. The number of rotatable bonds is 5. The van der Waals surface area contributed by atoms with Gasteiger partial charge in [0.2, 0.25) is 0 Å². The van der Waals surface area contributed by atoms with Gasteiger partial charge in [0.05, 0.1) is 12.4 Å². The monoisotopic (exact) mass is 250 g/mol. The number of ether oxygens (including phenoxy) is 1. The standard InChI is InChI=1S/C7H9BrNO4/c1-13-5(4-8)2-3-6(9-12)7(10)11/h2-3,9H,4H2,1H3,(H,10,11)/q-1/b5-2+,6-3-. The first-order chi connectivity index (χ1) is 6.15. The first-order valence-corrected chi connectivity index (χ1v) is 4.40. The fourth-order valence-electron chi connectivity index (χ4n) is 0.492. The van der Waals surface area contributed by atoms with Gasteiger partial charge < -0.3 is 20.5 Å². The average Bonchev–Trinajstić information content (AvgIpc) is 2.12. The van der Waals surface area contributed by atoms with Gasteiger partial charge in [0, 0.05) is 0 Å². The van der Waals surface area contributed by atoms with Crippen LogP contribution in [0, 0.1) is 5.21 Å². The third-order valence-electron chi connectivity index (χ3n) is 1.17.